The Hall–Kier alpha value is -2.33. The Kier molecular flexibility index (Phi) is 11.2. The Morgan fingerprint density at radius 1 is 1.08 bits per heavy atom. The number of benzene rings is 1. The number of unbranched alkanes of at least 4 members (excludes halogenated alkanes) is 1. The molecule has 37 heavy (non-hydrogen) atoms. The van der Waals surface area contributed by atoms with Crippen LogP contribution in [0.2, 0.25) is 5.02 Å². The quantitative estimate of drug-likeness (QED) is 0.1000. The van der Waals surface area contributed by atoms with Crippen molar-refractivity contribution in [3.05, 3.63) is 56.3 Å². The Morgan fingerprint density at radius 2 is 1.73 bits per heavy atom. The van der Waals surface area contributed by atoms with Gasteiger partial charge in [-0.1, -0.05) is 57.4 Å². The molecule has 0 saturated heterocycles. The van der Waals surface area contributed by atoms with Crippen LogP contribution in [0.5, 0.6) is 0 Å². The third kappa shape index (κ3) is 7.60. The lowest BCUT2D eigenvalue weighted by Gasteiger charge is -2.30. The van der Waals surface area contributed by atoms with Crippen LogP contribution in [-0.4, -0.2) is 25.5 Å². The molecule has 0 unspecified atom stereocenters. The van der Waals surface area contributed by atoms with Crippen molar-refractivity contribution in [2.24, 2.45) is 10.4 Å². The van der Waals surface area contributed by atoms with Gasteiger partial charge in [-0.2, -0.15) is 0 Å². The first-order valence-corrected chi connectivity index (χ1v) is 13.9. The van der Waals surface area contributed by atoms with Crippen molar-refractivity contribution in [1.29, 1.82) is 0 Å². The van der Waals surface area contributed by atoms with Gasteiger partial charge < -0.3 is 9.47 Å². The second-order valence-corrected chi connectivity index (χ2v) is 11.6. The lowest BCUT2D eigenvalue weighted by molar-refractivity contribution is -0.149. The van der Waals surface area contributed by atoms with Crippen LogP contribution < -0.4 is 0 Å². The van der Waals surface area contributed by atoms with E-state index in [0.29, 0.717) is 10.6 Å². The largest absolute Gasteiger partial charge is 0.461 e. The van der Waals surface area contributed by atoms with Gasteiger partial charge in [-0.05, 0) is 95.1 Å². The summed E-state index contributed by atoms with van der Waals surface area (Å²) in [4.78, 5) is 17.7. The van der Waals surface area contributed by atoms with Crippen molar-refractivity contribution in [3.8, 4) is 0 Å². The molecule has 0 atom stereocenters. The third-order valence-electron chi connectivity index (χ3n) is 7.08. The summed E-state index contributed by atoms with van der Waals surface area (Å²) in [7, 11) is 1.80. The summed E-state index contributed by atoms with van der Waals surface area (Å²) in [5.74, 6) is 0.613. The first-order valence-electron chi connectivity index (χ1n) is 13.5. The molecule has 1 aromatic rings. The Balaban J connectivity index is 2.46. The molecule has 0 amide bonds. The number of hydrogen-bond donors (Lipinski definition) is 0. The molecule has 0 heterocycles. The molecule has 204 valence electrons. The van der Waals surface area contributed by atoms with Gasteiger partial charge in [0.1, 0.15) is 5.76 Å². The first kappa shape index (κ1) is 30.9. The zero-order chi connectivity index (χ0) is 27.9. The minimum atomic E-state index is -0.345. The molecule has 5 heteroatoms. The Labute approximate surface area is 229 Å². The number of rotatable bonds is 10. The highest BCUT2D eigenvalue weighted by atomic mass is 35.5. The SMILES string of the molecule is CCCC/C(=C(/C)C(=O)OCOC(=C1CCC1)C(C)(C)C)c1ccc(Cl)c(C(=C(C)C)/C(C)=N\C)c1C. The van der Waals surface area contributed by atoms with Gasteiger partial charge in [0.05, 0.1) is 0 Å². The minimum Gasteiger partial charge on any atom is -0.461 e. The van der Waals surface area contributed by atoms with Crippen molar-refractivity contribution in [1.82, 2.24) is 0 Å². The summed E-state index contributed by atoms with van der Waals surface area (Å²) in [6.45, 7) is 18.6. The van der Waals surface area contributed by atoms with Gasteiger partial charge in [0.15, 0.2) is 0 Å². The molecule has 0 N–H and O–H groups in total. The van der Waals surface area contributed by atoms with Gasteiger partial charge >= 0.3 is 5.97 Å². The maximum absolute atomic E-state index is 13.2. The fourth-order valence-corrected chi connectivity index (χ4v) is 5.20. The van der Waals surface area contributed by atoms with Crippen LogP contribution in [0.15, 0.2) is 39.6 Å². The molecular weight excluding hydrogens is 482 g/mol. The second-order valence-electron chi connectivity index (χ2n) is 11.2. The molecule has 0 aliphatic heterocycles. The lowest BCUT2D eigenvalue weighted by atomic mass is 9.82. The average Bonchev–Trinajstić information content (AvgIpc) is 2.79. The van der Waals surface area contributed by atoms with Gasteiger partial charge in [0.25, 0.3) is 0 Å². The predicted octanol–water partition coefficient (Wildman–Crippen LogP) is 9.50. The molecule has 0 spiro atoms. The number of carbonyl (C=O) groups is 1. The normalized spacial score (nSPS) is 14.6. The van der Waals surface area contributed by atoms with E-state index in [1.54, 1.807) is 7.05 Å². The molecule has 0 aromatic heterocycles. The molecular formula is C32H46ClNO3. The van der Waals surface area contributed by atoms with Crippen molar-refractivity contribution in [2.45, 2.75) is 101 Å². The number of halogens is 1. The van der Waals surface area contributed by atoms with E-state index in [1.165, 1.54) is 12.0 Å². The zero-order valence-corrected chi connectivity index (χ0v) is 25.4. The standard InChI is InChI=1S/C32H46ClNO3/c1-11-12-16-25(22(5)31(35)37-19-36-30(32(7,8)9)24-14-13-15-24)26-17-18-27(33)29(21(26)4)28(20(2)3)23(6)34-10/h17-18H,11-16,19H2,1-10H3/b25-22+,34-23-. The fraction of sp³-hybridized carbons (Fsp3) is 0.562. The van der Waals surface area contributed by atoms with Crippen molar-refractivity contribution in [3.63, 3.8) is 0 Å². The first-order chi connectivity index (χ1) is 17.3. The maximum Gasteiger partial charge on any atom is 0.336 e. The van der Waals surface area contributed by atoms with Crippen LogP contribution in [0.4, 0.5) is 0 Å². The van der Waals surface area contributed by atoms with Gasteiger partial charge in [0.2, 0.25) is 6.79 Å². The van der Waals surface area contributed by atoms with E-state index in [4.69, 9.17) is 21.1 Å². The summed E-state index contributed by atoms with van der Waals surface area (Å²) >= 11 is 6.75. The molecule has 4 nitrogen and oxygen atoms in total. The molecule has 1 fully saturated rings. The number of aliphatic imine (C=N–C) groups is 1. The lowest BCUT2D eigenvalue weighted by Crippen LogP contribution is -2.20. The summed E-state index contributed by atoms with van der Waals surface area (Å²) < 4.78 is 11.7. The van der Waals surface area contributed by atoms with Gasteiger partial charge in [-0.15, -0.1) is 0 Å². The molecule has 1 aromatic carbocycles. The zero-order valence-electron chi connectivity index (χ0n) is 24.7. The smallest absolute Gasteiger partial charge is 0.336 e. The average molecular weight is 528 g/mol. The molecule has 1 saturated carbocycles. The number of allylic oxidation sites excluding steroid dienone is 5. The van der Waals surface area contributed by atoms with E-state index >= 15 is 0 Å². The number of carbonyl (C=O) groups excluding carboxylic acids is 1. The summed E-state index contributed by atoms with van der Waals surface area (Å²) in [6.07, 6.45) is 6.10. The van der Waals surface area contributed by atoms with E-state index in [9.17, 15) is 4.79 Å². The van der Waals surface area contributed by atoms with E-state index in [-0.39, 0.29) is 18.2 Å². The summed E-state index contributed by atoms with van der Waals surface area (Å²) in [6, 6.07) is 3.96. The highest BCUT2D eigenvalue weighted by molar-refractivity contribution is 6.36. The van der Waals surface area contributed by atoms with Crippen molar-refractivity contribution in [2.75, 3.05) is 13.8 Å². The predicted molar refractivity (Wildman–Crippen MR) is 158 cm³/mol. The molecule has 1 aliphatic rings. The van der Waals surface area contributed by atoms with Crippen molar-refractivity contribution < 1.29 is 14.3 Å². The van der Waals surface area contributed by atoms with Crippen LogP contribution in [0.1, 0.15) is 111 Å². The van der Waals surface area contributed by atoms with E-state index < -0.39 is 0 Å². The fourth-order valence-electron chi connectivity index (χ4n) is 4.90. The van der Waals surface area contributed by atoms with Crippen LogP contribution in [0.25, 0.3) is 11.1 Å². The highest BCUT2D eigenvalue weighted by Crippen LogP contribution is 2.39. The minimum absolute atomic E-state index is 0.0771. The molecule has 1 aliphatic carbocycles. The number of hydrogen-bond acceptors (Lipinski definition) is 4. The van der Waals surface area contributed by atoms with Gasteiger partial charge in [0, 0.05) is 39.9 Å². The van der Waals surface area contributed by atoms with Crippen LogP contribution in [0, 0.1) is 12.3 Å². The van der Waals surface area contributed by atoms with E-state index in [2.05, 4.69) is 53.5 Å². The van der Waals surface area contributed by atoms with E-state index in [0.717, 1.165) is 77.0 Å². The third-order valence-corrected chi connectivity index (χ3v) is 7.39. The monoisotopic (exact) mass is 527 g/mol. The Bertz CT molecular complexity index is 1120. The number of ether oxygens (including phenoxy) is 2. The highest BCUT2D eigenvalue weighted by Gasteiger charge is 2.27. The second kappa shape index (κ2) is 13.5. The van der Waals surface area contributed by atoms with Crippen LogP contribution >= 0.6 is 11.6 Å². The van der Waals surface area contributed by atoms with E-state index in [1.807, 2.05) is 26.0 Å². The molecule has 0 radical (unpaired) electrons. The maximum atomic E-state index is 13.2. The van der Waals surface area contributed by atoms with Crippen molar-refractivity contribution >= 4 is 34.4 Å². The van der Waals surface area contributed by atoms with Gasteiger partial charge in [-0.3, -0.25) is 4.99 Å². The number of nitrogens with zero attached hydrogens (tertiary/aromatic N) is 1. The van der Waals surface area contributed by atoms with Gasteiger partial charge in [-0.25, -0.2) is 4.79 Å². The molecule has 2 rings (SSSR count). The van der Waals surface area contributed by atoms with Crippen LogP contribution in [-0.2, 0) is 14.3 Å². The summed E-state index contributed by atoms with van der Waals surface area (Å²) in [5.41, 5.74) is 9.01. The topological polar surface area (TPSA) is 47.9 Å². The summed E-state index contributed by atoms with van der Waals surface area (Å²) in [5, 5.41) is 0.683. The molecule has 0 bridgehead atoms. The Morgan fingerprint density at radius 3 is 2.22 bits per heavy atom. The van der Waals surface area contributed by atoms with Crippen LogP contribution in [0.3, 0.4) is 0 Å². The number of esters is 1.